The molecular weight excluding hydrogens is 559 g/mol. The Balaban J connectivity index is 1.28. The Morgan fingerprint density at radius 1 is 1.12 bits per heavy atom. The van der Waals surface area contributed by atoms with E-state index in [1.807, 2.05) is 19.2 Å². The zero-order valence-corrected chi connectivity index (χ0v) is 24.5. The SMILES string of the molecule is CSc1cc(C)[nH]c(=O)c1CNC(=O)c1cc(C)c2c(c1C)OC(C)(C1CCN(C(=O)C3(C(F)(F)F)CC3)CC1)O2. The summed E-state index contributed by atoms with van der Waals surface area (Å²) in [6.45, 7) is 7.62. The Hall–Kier alpha value is -3.15. The predicted octanol–water partition coefficient (Wildman–Crippen LogP) is 5.02. The van der Waals surface area contributed by atoms with E-state index >= 15 is 0 Å². The van der Waals surface area contributed by atoms with Gasteiger partial charge in [-0.3, -0.25) is 14.4 Å². The molecule has 222 valence electrons. The Kier molecular flexibility index (Phi) is 7.36. The molecule has 1 aromatic carbocycles. The van der Waals surface area contributed by atoms with E-state index in [1.54, 1.807) is 26.8 Å². The highest BCUT2D eigenvalue weighted by Gasteiger charge is 2.69. The van der Waals surface area contributed by atoms with E-state index in [9.17, 15) is 27.6 Å². The molecule has 1 saturated heterocycles. The summed E-state index contributed by atoms with van der Waals surface area (Å²) in [6, 6.07) is 3.59. The van der Waals surface area contributed by atoms with Crippen molar-refractivity contribution in [1.82, 2.24) is 15.2 Å². The summed E-state index contributed by atoms with van der Waals surface area (Å²) in [7, 11) is 0. The van der Waals surface area contributed by atoms with E-state index in [0.29, 0.717) is 46.6 Å². The second-order valence-electron chi connectivity index (χ2n) is 11.4. The van der Waals surface area contributed by atoms with Crippen molar-refractivity contribution < 1.29 is 32.2 Å². The molecule has 12 heteroatoms. The van der Waals surface area contributed by atoms with Crippen LogP contribution in [0.4, 0.5) is 13.2 Å². The first-order valence-electron chi connectivity index (χ1n) is 13.6. The minimum atomic E-state index is -4.53. The number of hydrogen-bond acceptors (Lipinski definition) is 6. The zero-order chi connectivity index (χ0) is 29.9. The number of hydrogen-bond donors (Lipinski definition) is 2. The third-order valence-electron chi connectivity index (χ3n) is 8.63. The van der Waals surface area contributed by atoms with Crippen LogP contribution in [0.25, 0.3) is 0 Å². The Bertz CT molecular complexity index is 1460. The van der Waals surface area contributed by atoms with E-state index in [1.165, 1.54) is 16.7 Å². The zero-order valence-electron chi connectivity index (χ0n) is 23.7. The number of amides is 2. The van der Waals surface area contributed by atoms with E-state index < -0.39 is 23.3 Å². The maximum Gasteiger partial charge on any atom is 0.403 e. The van der Waals surface area contributed by atoms with E-state index in [0.717, 1.165) is 10.6 Å². The molecule has 1 aromatic heterocycles. The Morgan fingerprint density at radius 3 is 2.34 bits per heavy atom. The minimum absolute atomic E-state index is 0.0577. The van der Waals surface area contributed by atoms with E-state index in [-0.39, 0.29) is 49.9 Å². The number of aryl methyl sites for hydroxylation is 2. The van der Waals surface area contributed by atoms with Gasteiger partial charge in [0.05, 0.1) is 0 Å². The number of aromatic nitrogens is 1. The van der Waals surface area contributed by atoms with E-state index in [2.05, 4.69) is 10.3 Å². The van der Waals surface area contributed by atoms with Crippen molar-refractivity contribution in [2.75, 3.05) is 19.3 Å². The molecule has 2 amide bonds. The van der Waals surface area contributed by atoms with Crippen molar-refractivity contribution in [3.05, 3.63) is 50.4 Å². The number of ether oxygens (including phenoxy) is 2. The largest absolute Gasteiger partial charge is 0.448 e. The van der Waals surface area contributed by atoms with Crippen molar-refractivity contribution in [3.8, 4) is 11.5 Å². The number of rotatable bonds is 6. The summed E-state index contributed by atoms with van der Waals surface area (Å²) in [5.74, 6) is -1.48. The number of H-pyrrole nitrogens is 1. The molecule has 5 rings (SSSR count). The summed E-state index contributed by atoms with van der Waals surface area (Å²) in [5, 5.41) is 2.85. The molecule has 2 aliphatic heterocycles. The topological polar surface area (TPSA) is 101 Å². The molecular formula is C29H34F3N3O5S. The number of pyridine rings is 1. The maximum atomic E-state index is 13.5. The minimum Gasteiger partial charge on any atom is -0.448 e. The van der Waals surface area contributed by atoms with Gasteiger partial charge in [-0.05, 0) is 70.4 Å². The van der Waals surface area contributed by atoms with Crippen molar-refractivity contribution in [3.63, 3.8) is 0 Å². The summed E-state index contributed by atoms with van der Waals surface area (Å²) >= 11 is 1.43. The van der Waals surface area contributed by atoms with Crippen LogP contribution in [0.1, 0.15) is 65.3 Å². The molecule has 1 atom stereocenters. The number of halogens is 3. The molecule has 3 heterocycles. The van der Waals surface area contributed by atoms with Gasteiger partial charge >= 0.3 is 6.18 Å². The molecule has 0 spiro atoms. The van der Waals surface area contributed by atoms with Crippen LogP contribution in [0.5, 0.6) is 11.5 Å². The lowest BCUT2D eigenvalue weighted by Crippen LogP contribution is -2.52. The lowest BCUT2D eigenvalue weighted by molar-refractivity contribution is -0.200. The molecule has 1 saturated carbocycles. The summed E-state index contributed by atoms with van der Waals surface area (Å²) < 4.78 is 53.1. The van der Waals surface area contributed by atoms with Gasteiger partial charge in [0, 0.05) is 59.8 Å². The monoisotopic (exact) mass is 593 g/mol. The number of nitrogens with one attached hydrogen (secondary N) is 2. The highest BCUT2D eigenvalue weighted by Crippen LogP contribution is 2.59. The maximum absolute atomic E-state index is 13.5. The highest BCUT2D eigenvalue weighted by atomic mass is 32.2. The van der Waals surface area contributed by atoms with Gasteiger partial charge in [-0.25, -0.2) is 0 Å². The normalized spacial score (nSPS) is 21.6. The first-order chi connectivity index (χ1) is 19.2. The molecule has 0 radical (unpaired) electrons. The summed E-state index contributed by atoms with van der Waals surface area (Å²) in [4.78, 5) is 43.3. The Morgan fingerprint density at radius 2 is 1.76 bits per heavy atom. The van der Waals surface area contributed by atoms with Crippen LogP contribution in [0.2, 0.25) is 0 Å². The summed E-state index contributed by atoms with van der Waals surface area (Å²) in [6.07, 6.45) is -2.10. The van der Waals surface area contributed by atoms with Crippen LogP contribution < -0.4 is 20.3 Å². The second kappa shape index (κ2) is 10.3. The fourth-order valence-electron chi connectivity index (χ4n) is 5.89. The molecule has 1 aliphatic carbocycles. The number of carbonyl (C=O) groups is 2. The lowest BCUT2D eigenvalue weighted by Gasteiger charge is -2.40. The number of piperidine rings is 1. The van der Waals surface area contributed by atoms with Gasteiger partial charge < -0.3 is 24.7 Å². The fraction of sp³-hybridized carbons (Fsp3) is 0.552. The number of nitrogens with zero attached hydrogens (tertiary/aromatic N) is 1. The van der Waals surface area contributed by atoms with Gasteiger partial charge in [-0.2, -0.15) is 13.2 Å². The van der Waals surface area contributed by atoms with Gasteiger partial charge in [0.25, 0.3) is 17.3 Å². The molecule has 0 bridgehead atoms. The molecule has 41 heavy (non-hydrogen) atoms. The van der Waals surface area contributed by atoms with Crippen molar-refractivity contribution >= 4 is 23.6 Å². The third-order valence-corrected chi connectivity index (χ3v) is 9.43. The summed E-state index contributed by atoms with van der Waals surface area (Å²) in [5.41, 5.74) is 0.439. The average molecular weight is 594 g/mol. The quantitative estimate of drug-likeness (QED) is 0.457. The highest BCUT2D eigenvalue weighted by molar-refractivity contribution is 7.98. The van der Waals surface area contributed by atoms with Crippen molar-refractivity contribution in [1.29, 1.82) is 0 Å². The number of likely N-dealkylation sites (tertiary alicyclic amines) is 1. The van der Waals surface area contributed by atoms with Gasteiger partial charge in [0.15, 0.2) is 11.5 Å². The fourth-order valence-corrected chi connectivity index (χ4v) is 6.60. The Labute approximate surface area is 240 Å². The number of carbonyl (C=O) groups excluding carboxylic acids is 2. The van der Waals surface area contributed by atoms with Gasteiger partial charge in [-0.15, -0.1) is 11.8 Å². The number of thioether (sulfide) groups is 1. The van der Waals surface area contributed by atoms with Crippen molar-refractivity contribution in [2.45, 2.75) is 76.8 Å². The van der Waals surface area contributed by atoms with Crippen LogP contribution in [0.3, 0.4) is 0 Å². The number of fused-ring (bicyclic) bond motifs is 1. The van der Waals surface area contributed by atoms with Crippen LogP contribution in [0, 0.1) is 32.1 Å². The van der Waals surface area contributed by atoms with Crippen LogP contribution >= 0.6 is 11.8 Å². The standard InChI is InChI=1S/C29H34F3N3O5S/c1-15-12-19(24(36)33-14-20-21(41-5)13-16(2)34-25(20)37)17(3)23-22(15)39-27(4,40-23)18-6-10-35(11-7-18)26(38)28(8-9-28)29(30,31)32/h12-13,18H,6-11,14H2,1-5H3,(H,33,36)(H,34,37). The van der Waals surface area contributed by atoms with Crippen LogP contribution in [-0.2, 0) is 11.3 Å². The molecule has 2 N–H and O–H groups in total. The van der Waals surface area contributed by atoms with Crippen molar-refractivity contribution in [2.24, 2.45) is 11.3 Å². The number of alkyl halides is 3. The molecule has 3 aliphatic rings. The third kappa shape index (κ3) is 5.08. The molecule has 1 unspecified atom stereocenters. The lowest BCUT2D eigenvalue weighted by atomic mass is 9.88. The van der Waals surface area contributed by atoms with Gasteiger partial charge in [-0.1, -0.05) is 0 Å². The van der Waals surface area contributed by atoms with Crippen LogP contribution in [-0.4, -0.2) is 53.0 Å². The second-order valence-corrected chi connectivity index (χ2v) is 12.2. The first-order valence-corrected chi connectivity index (χ1v) is 14.9. The van der Waals surface area contributed by atoms with E-state index in [4.69, 9.17) is 9.47 Å². The smallest absolute Gasteiger partial charge is 0.403 e. The van der Waals surface area contributed by atoms with Gasteiger partial charge in [0.2, 0.25) is 5.91 Å². The molecule has 2 aromatic rings. The number of benzene rings is 1. The van der Waals surface area contributed by atoms with Gasteiger partial charge in [0.1, 0.15) is 5.41 Å². The van der Waals surface area contributed by atoms with Crippen LogP contribution in [0.15, 0.2) is 21.8 Å². The average Bonchev–Trinajstić information content (AvgIpc) is 3.66. The molecule has 2 fully saturated rings. The molecule has 8 nitrogen and oxygen atoms in total. The predicted molar refractivity (Wildman–Crippen MR) is 147 cm³/mol. The number of aromatic amines is 1. The first kappa shape index (κ1) is 29.3.